The molecule has 3 rings (SSSR count). The van der Waals surface area contributed by atoms with Crippen molar-refractivity contribution in [3.05, 3.63) is 35.4 Å². The second kappa shape index (κ2) is 6.33. The van der Waals surface area contributed by atoms with Gasteiger partial charge in [-0.25, -0.2) is 0 Å². The maximum Gasteiger partial charge on any atom is 0.235 e. The monoisotopic (exact) mass is 311 g/mol. The average Bonchev–Trinajstić information content (AvgIpc) is 3.39. The van der Waals surface area contributed by atoms with Crippen molar-refractivity contribution in [3.8, 4) is 6.07 Å². The van der Waals surface area contributed by atoms with Gasteiger partial charge in [0.25, 0.3) is 0 Å². The highest BCUT2D eigenvalue weighted by molar-refractivity contribution is 5.79. The van der Waals surface area contributed by atoms with E-state index in [0.29, 0.717) is 18.5 Å². The molecular formula is C19H25N3O. The molecule has 0 aromatic heterocycles. The summed E-state index contributed by atoms with van der Waals surface area (Å²) in [6.07, 6.45) is 5.24. The molecule has 4 nitrogen and oxygen atoms in total. The lowest BCUT2D eigenvalue weighted by atomic mass is 9.87. The standard InChI is InChI=1S/C19H25N3O/c1-19(13-20,16-8-9-16)21-18(23)12-22(2)17-10-7-14-5-3-4-6-15(14)11-17/h3-6,16-17H,7-12H2,1-2H3,(H,21,23)/t17-,19+/m0/s1. The second-order valence-corrected chi connectivity index (χ2v) is 7.22. The maximum atomic E-state index is 12.3. The number of nitriles is 1. The van der Waals surface area contributed by atoms with Crippen LogP contribution in [0.15, 0.2) is 24.3 Å². The predicted octanol–water partition coefficient (Wildman–Crippen LogP) is 2.28. The smallest absolute Gasteiger partial charge is 0.235 e. The number of likely N-dealkylation sites (N-methyl/N-ethyl adjacent to an activating group) is 1. The van der Waals surface area contributed by atoms with Gasteiger partial charge in [0.05, 0.1) is 12.6 Å². The zero-order chi connectivity index (χ0) is 16.4. The number of hydrogen-bond donors (Lipinski definition) is 1. The van der Waals surface area contributed by atoms with Crippen LogP contribution in [0.1, 0.15) is 37.3 Å². The van der Waals surface area contributed by atoms with Gasteiger partial charge in [-0.1, -0.05) is 24.3 Å². The molecule has 1 fully saturated rings. The summed E-state index contributed by atoms with van der Waals surface area (Å²) in [5.74, 6) is 0.283. The lowest BCUT2D eigenvalue weighted by Crippen LogP contribution is -2.51. The number of carbonyl (C=O) groups is 1. The Kier molecular flexibility index (Phi) is 4.41. The van der Waals surface area contributed by atoms with Crippen molar-refractivity contribution in [1.82, 2.24) is 10.2 Å². The van der Waals surface area contributed by atoms with Crippen molar-refractivity contribution < 1.29 is 4.79 Å². The Morgan fingerprint density at radius 3 is 2.70 bits per heavy atom. The first-order valence-corrected chi connectivity index (χ1v) is 8.51. The molecule has 0 bridgehead atoms. The van der Waals surface area contributed by atoms with Crippen molar-refractivity contribution >= 4 is 5.91 Å². The van der Waals surface area contributed by atoms with E-state index in [1.807, 2.05) is 14.0 Å². The Labute approximate surface area is 138 Å². The van der Waals surface area contributed by atoms with E-state index in [4.69, 9.17) is 0 Å². The van der Waals surface area contributed by atoms with Crippen LogP contribution in [0.5, 0.6) is 0 Å². The van der Waals surface area contributed by atoms with E-state index >= 15 is 0 Å². The number of hydrogen-bond acceptors (Lipinski definition) is 3. The van der Waals surface area contributed by atoms with E-state index in [1.54, 1.807) is 0 Å². The molecule has 1 N–H and O–H groups in total. The minimum absolute atomic E-state index is 0.0395. The third kappa shape index (κ3) is 3.56. The van der Waals surface area contributed by atoms with Crippen molar-refractivity contribution in [2.45, 2.75) is 50.6 Å². The second-order valence-electron chi connectivity index (χ2n) is 7.22. The summed E-state index contributed by atoms with van der Waals surface area (Å²) < 4.78 is 0. The van der Waals surface area contributed by atoms with Gasteiger partial charge >= 0.3 is 0 Å². The number of benzene rings is 1. The number of rotatable bonds is 5. The SMILES string of the molecule is CN(CC(=O)N[C@](C)(C#N)C1CC1)[C@H]1CCc2ccccc2C1. The molecule has 1 amide bonds. The number of nitrogens with zero attached hydrogens (tertiary/aromatic N) is 2. The van der Waals surface area contributed by atoms with E-state index < -0.39 is 5.54 Å². The fourth-order valence-electron chi connectivity index (χ4n) is 3.62. The molecule has 2 aliphatic carbocycles. The highest BCUT2D eigenvalue weighted by atomic mass is 16.2. The Balaban J connectivity index is 1.56. The first-order valence-electron chi connectivity index (χ1n) is 8.51. The zero-order valence-corrected chi connectivity index (χ0v) is 14.0. The molecule has 4 heteroatoms. The van der Waals surface area contributed by atoms with Crippen LogP contribution in [-0.2, 0) is 17.6 Å². The summed E-state index contributed by atoms with van der Waals surface area (Å²) in [5.41, 5.74) is 2.14. The highest BCUT2D eigenvalue weighted by Gasteiger charge is 2.43. The van der Waals surface area contributed by atoms with Crippen molar-refractivity contribution in [2.24, 2.45) is 5.92 Å². The summed E-state index contributed by atoms with van der Waals surface area (Å²) in [7, 11) is 2.01. The Morgan fingerprint density at radius 1 is 1.35 bits per heavy atom. The molecule has 2 aliphatic rings. The van der Waals surface area contributed by atoms with E-state index in [-0.39, 0.29) is 5.91 Å². The normalized spacial score (nSPS) is 22.8. The van der Waals surface area contributed by atoms with Crippen LogP contribution in [-0.4, -0.2) is 36.0 Å². The Bertz CT molecular complexity index is 632. The van der Waals surface area contributed by atoms with E-state index in [0.717, 1.165) is 32.1 Å². The molecule has 122 valence electrons. The zero-order valence-electron chi connectivity index (χ0n) is 14.0. The predicted molar refractivity (Wildman–Crippen MR) is 89.8 cm³/mol. The van der Waals surface area contributed by atoms with Crippen molar-refractivity contribution in [2.75, 3.05) is 13.6 Å². The summed E-state index contributed by atoms with van der Waals surface area (Å²) in [6.45, 7) is 2.20. The van der Waals surface area contributed by atoms with Crippen LogP contribution in [0.3, 0.4) is 0 Å². The fraction of sp³-hybridized carbons (Fsp3) is 0.579. The molecule has 0 saturated heterocycles. The number of nitrogens with one attached hydrogen (secondary N) is 1. The molecule has 1 aromatic carbocycles. The van der Waals surface area contributed by atoms with Crippen LogP contribution >= 0.6 is 0 Å². The van der Waals surface area contributed by atoms with Crippen LogP contribution in [0, 0.1) is 17.2 Å². The molecule has 1 saturated carbocycles. The first kappa shape index (κ1) is 16.0. The fourth-order valence-corrected chi connectivity index (χ4v) is 3.62. The summed E-state index contributed by atoms with van der Waals surface area (Å²) in [5, 5.41) is 12.3. The van der Waals surface area contributed by atoms with Crippen molar-refractivity contribution in [1.29, 1.82) is 5.26 Å². The largest absolute Gasteiger partial charge is 0.337 e. The molecule has 0 unspecified atom stereocenters. The molecule has 1 aromatic rings. The lowest BCUT2D eigenvalue weighted by Gasteiger charge is -2.33. The molecule has 2 atom stereocenters. The summed E-state index contributed by atoms with van der Waals surface area (Å²) in [6, 6.07) is 11.2. The maximum absolute atomic E-state index is 12.3. The first-order chi connectivity index (χ1) is 11.0. The van der Waals surface area contributed by atoms with Gasteiger partial charge in [-0.2, -0.15) is 5.26 Å². The molecule has 0 radical (unpaired) electrons. The van der Waals surface area contributed by atoms with Crippen molar-refractivity contribution in [3.63, 3.8) is 0 Å². The van der Waals surface area contributed by atoms with Gasteiger partial charge in [0, 0.05) is 6.04 Å². The number of carbonyl (C=O) groups excluding carboxylic acids is 1. The average molecular weight is 311 g/mol. The van der Waals surface area contributed by atoms with Gasteiger partial charge in [0.15, 0.2) is 0 Å². The lowest BCUT2D eigenvalue weighted by molar-refractivity contribution is -0.123. The van der Waals surface area contributed by atoms with Crippen LogP contribution in [0.4, 0.5) is 0 Å². The van der Waals surface area contributed by atoms with Gasteiger partial charge in [0.2, 0.25) is 5.91 Å². The summed E-state index contributed by atoms with van der Waals surface area (Å²) in [4.78, 5) is 14.5. The highest BCUT2D eigenvalue weighted by Crippen LogP contribution is 2.39. The molecular weight excluding hydrogens is 286 g/mol. The quantitative estimate of drug-likeness (QED) is 0.907. The molecule has 0 heterocycles. The Hall–Kier alpha value is -1.86. The Morgan fingerprint density at radius 2 is 2.04 bits per heavy atom. The van der Waals surface area contributed by atoms with Gasteiger partial charge in [-0.05, 0) is 63.1 Å². The summed E-state index contributed by atoms with van der Waals surface area (Å²) >= 11 is 0. The van der Waals surface area contributed by atoms with E-state index in [1.165, 1.54) is 11.1 Å². The van der Waals surface area contributed by atoms with Crippen LogP contribution in [0.25, 0.3) is 0 Å². The van der Waals surface area contributed by atoms with Gasteiger partial charge in [-0.15, -0.1) is 0 Å². The van der Waals surface area contributed by atoms with Gasteiger partial charge in [0.1, 0.15) is 5.54 Å². The molecule has 0 aliphatic heterocycles. The van der Waals surface area contributed by atoms with Gasteiger partial charge < -0.3 is 5.32 Å². The molecule has 23 heavy (non-hydrogen) atoms. The van der Waals surface area contributed by atoms with E-state index in [2.05, 4.69) is 40.6 Å². The number of amides is 1. The molecule has 0 spiro atoms. The minimum Gasteiger partial charge on any atom is -0.337 e. The third-order valence-electron chi connectivity index (χ3n) is 5.36. The topological polar surface area (TPSA) is 56.1 Å². The number of fused-ring (bicyclic) bond motifs is 1. The van der Waals surface area contributed by atoms with E-state index in [9.17, 15) is 10.1 Å². The van der Waals surface area contributed by atoms with Crippen LogP contribution < -0.4 is 5.32 Å². The minimum atomic E-state index is -0.697. The van der Waals surface area contributed by atoms with Crippen LogP contribution in [0.2, 0.25) is 0 Å². The third-order valence-corrected chi connectivity index (χ3v) is 5.36. The van der Waals surface area contributed by atoms with Gasteiger partial charge in [-0.3, -0.25) is 9.69 Å². The number of aryl methyl sites for hydroxylation is 1.